The van der Waals surface area contributed by atoms with Gasteiger partial charge in [0.1, 0.15) is 51.7 Å². The Bertz CT molecular complexity index is 1460. The SMILES string of the molecule is C=CC(=O)OCC(COC(=O)C=C)(COC(=O)CC)COC(=O)NC1CC(C)(C)CC(C)(CNC(=O)OCC(COC(=O)C=C)(COC(=O)C=C)COC(O)C=C)C1. The highest BCUT2D eigenvalue weighted by Gasteiger charge is 2.43. The maximum atomic E-state index is 13.3. The topological polar surface area (TPSA) is 238 Å². The van der Waals surface area contributed by atoms with E-state index in [2.05, 4.69) is 43.5 Å². The van der Waals surface area contributed by atoms with Crippen LogP contribution in [0, 0.1) is 21.7 Å². The van der Waals surface area contributed by atoms with Crippen LogP contribution in [0.25, 0.3) is 0 Å². The predicted octanol–water partition coefficient (Wildman–Crippen LogP) is 3.39. The molecule has 0 spiro atoms. The smallest absolute Gasteiger partial charge is 0.407 e. The highest BCUT2D eigenvalue weighted by atomic mass is 16.6. The van der Waals surface area contributed by atoms with E-state index in [1.807, 2.05) is 20.8 Å². The standard InChI is InChI=1S/C40H58N2O16/c1-10-29(43)51-20-39(21-52-30(44)11-2,22-53-31(45)12-3)26-57-35(49)41-19-38(9)17-28(16-37(7,8)18-38)42-36(50)58-27-40(23-54-32(46)13-4,24-55-33(47)14-5)25-56-34(48)15-6/h10-14,28-29,43H,1-5,15-27H2,6-9H3,(H,41,49)(H,42,50). The first kappa shape index (κ1) is 50.5. The largest absolute Gasteiger partial charge is 0.465 e. The number of carbonyl (C=O) groups excluding carboxylic acids is 7. The molecule has 1 aliphatic rings. The lowest BCUT2D eigenvalue weighted by atomic mass is 9.62. The van der Waals surface area contributed by atoms with E-state index in [4.69, 9.17) is 37.9 Å². The van der Waals surface area contributed by atoms with E-state index in [0.717, 1.165) is 30.4 Å². The van der Waals surface area contributed by atoms with Gasteiger partial charge in [0.25, 0.3) is 0 Å². The van der Waals surface area contributed by atoms with Gasteiger partial charge in [-0.1, -0.05) is 60.6 Å². The molecule has 3 atom stereocenters. The molecule has 0 aromatic heterocycles. The van der Waals surface area contributed by atoms with Crippen LogP contribution >= 0.6 is 0 Å². The fraction of sp³-hybridized carbons (Fsp3) is 0.575. The minimum Gasteiger partial charge on any atom is -0.465 e. The van der Waals surface area contributed by atoms with E-state index < -0.39 is 123 Å². The first-order valence-electron chi connectivity index (χ1n) is 18.3. The lowest BCUT2D eigenvalue weighted by molar-refractivity contribution is -0.165. The van der Waals surface area contributed by atoms with Crippen LogP contribution in [0.15, 0.2) is 63.3 Å². The maximum absolute atomic E-state index is 13.3. The summed E-state index contributed by atoms with van der Waals surface area (Å²) in [4.78, 5) is 86.2. The van der Waals surface area contributed by atoms with Gasteiger partial charge in [0.15, 0.2) is 6.29 Å². The molecule has 58 heavy (non-hydrogen) atoms. The molecular formula is C40H58N2O16. The molecule has 0 bridgehead atoms. The van der Waals surface area contributed by atoms with Crippen molar-refractivity contribution in [2.75, 3.05) is 59.4 Å². The Balaban J connectivity index is 3.12. The summed E-state index contributed by atoms with van der Waals surface area (Å²) < 4.78 is 42.5. The molecule has 0 heterocycles. The molecule has 1 aliphatic carbocycles. The zero-order chi connectivity index (χ0) is 44.0. The van der Waals surface area contributed by atoms with E-state index in [1.54, 1.807) is 6.92 Å². The molecule has 1 saturated carbocycles. The summed E-state index contributed by atoms with van der Waals surface area (Å²) in [5, 5.41) is 15.5. The summed E-state index contributed by atoms with van der Waals surface area (Å²) in [5.41, 5.74) is -3.89. The van der Waals surface area contributed by atoms with Crippen molar-refractivity contribution in [2.24, 2.45) is 21.7 Å². The van der Waals surface area contributed by atoms with E-state index in [0.29, 0.717) is 19.3 Å². The van der Waals surface area contributed by atoms with Crippen LogP contribution in [0.5, 0.6) is 0 Å². The molecule has 18 nitrogen and oxygen atoms in total. The van der Waals surface area contributed by atoms with Crippen molar-refractivity contribution >= 4 is 42.0 Å². The van der Waals surface area contributed by atoms with Crippen LogP contribution in [0.2, 0.25) is 0 Å². The summed E-state index contributed by atoms with van der Waals surface area (Å²) in [6, 6.07) is -0.455. The van der Waals surface area contributed by atoms with Crippen LogP contribution < -0.4 is 10.6 Å². The highest BCUT2D eigenvalue weighted by Crippen LogP contribution is 2.46. The van der Waals surface area contributed by atoms with Gasteiger partial charge in [-0.2, -0.15) is 0 Å². The van der Waals surface area contributed by atoms with Crippen LogP contribution in [0.3, 0.4) is 0 Å². The van der Waals surface area contributed by atoms with E-state index in [-0.39, 0.29) is 18.4 Å². The Morgan fingerprint density at radius 1 is 0.655 bits per heavy atom. The third kappa shape index (κ3) is 19.1. The first-order chi connectivity index (χ1) is 27.2. The quantitative estimate of drug-likeness (QED) is 0.0373. The van der Waals surface area contributed by atoms with Gasteiger partial charge in [0.05, 0.1) is 12.0 Å². The van der Waals surface area contributed by atoms with Gasteiger partial charge in [-0.05, 0) is 36.2 Å². The maximum Gasteiger partial charge on any atom is 0.407 e. The number of aliphatic hydroxyl groups is 1. The summed E-state index contributed by atoms with van der Waals surface area (Å²) in [6.07, 6.45) is 3.12. The minimum atomic E-state index is -1.49. The van der Waals surface area contributed by atoms with Gasteiger partial charge in [-0.3, -0.25) is 4.79 Å². The number of alkyl carbamates (subject to hydrolysis) is 2. The normalized spacial score (nSPS) is 17.7. The molecule has 0 aromatic carbocycles. The van der Waals surface area contributed by atoms with Crippen molar-refractivity contribution in [3.8, 4) is 0 Å². The van der Waals surface area contributed by atoms with E-state index in [9.17, 15) is 38.7 Å². The molecule has 18 heteroatoms. The highest BCUT2D eigenvalue weighted by molar-refractivity contribution is 5.82. The molecule has 0 saturated heterocycles. The number of nitrogens with one attached hydrogen (secondary N) is 2. The molecule has 2 amide bonds. The Kier molecular flexibility index (Phi) is 21.2. The van der Waals surface area contributed by atoms with Gasteiger partial charge in [0.2, 0.25) is 0 Å². The molecule has 1 fully saturated rings. The number of ether oxygens (including phenoxy) is 8. The summed E-state index contributed by atoms with van der Waals surface area (Å²) in [6.45, 7) is 20.7. The van der Waals surface area contributed by atoms with Gasteiger partial charge >= 0.3 is 42.0 Å². The fourth-order valence-corrected chi connectivity index (χ4v) is 6.15. The van der Waals surface area contributed by atoms with Gasteiger partial charge in [-0.25, -0.2) is 28.8 Å². The minimum absolute atomic E-state index is 0.0242. The van der Waals surface area contributed by atoms with E-state index >= 15 is 0 Å². The Morgan fingerprint density at radius 2 is 1.07 bits per heavy atom. The third-order valence-electron chi connectivity index (χ3n) is 8.78. The van der Waals surface area contributed by atoms with Crippen molar-refractivity contribution in [1.82, 2.24) is 10.6 Å². The molecule has 0 aliphatic heterocycles. The van der Waals surface area contributed by atoms with Gasteiger partial charge in [-0.15, -0.1) is 0 Å². The van der Waals surface area contributed by atoms with Gasteiger partial charge in [0, 0.05) is 43.3 Å². The molecule has 0 aromatic rings. The molecule has 3 N–H and O–H groups in total. The van der Waals surface area contributed by atoms with Crippen molar-refractivity contribution in [1.29, 1.82) is 0 Å². The average Bonchev–Trinajstić information content (AvgIpc) is 3.19. The second kappa shape index (κ2) is 24.3. The van der Waals surface area contributed by atoms with Crippen LogP contribution in [-0.4, -0.2) is 119 Å². The van der Waals surface area contributed by atoms with Crippen LogP contribution in [0.1, 0.15) is 53.4 Å². The van der Waals surface area contributed by atoms with Crippen molar-refractivity contribution in [2.45, 2.75) is 65.7 Å². The zero-order valence-corrected chi connectivity index (χ0v) is 33.8. The number of hydrogen-bond donors (Lipinski definition) is 3. The van der Waals surface area contributed by atoms with Crippen molar-refractivity contribution in [3.63, 3.8) is 0 Å². The number of esters is 5. The Labute approximate surface area is 338 Å². The number of aliphatic hydroxyl groups excluding tert-OH is 1. The van der Waals surface area contributed by atoms with Crippen molar-refractivity contribution < 1.29 is 76.6 Å². The second-order valence-corrected chi connectivity index (χ2v) is 15.1. The number of amides is 2. The predicted molar refractivity (Wildman–Crippen MR) is 206 cm³/mol. The van der Waals surface area contributed by atoms with Crippen LogP contribution in [0.4, 0.5) is 9.59 Å². The Morgan fingerprint density at radius 3 is 1.50 bits per heavy atom. The molecular weight excluding hydrogens is 764 g/mol. The fourth-order valence-electron chi connectivity index (χ4n) is 6.15. The molecule has 3 unspecified atom stereocenters. The lowest BCUT2D eigenvalue weighted by Gasteiger charge is -2.46. The first-order valence-corrected chi connectivity index (χ1v) is 18.3. The number of carbonyl (C=O) groups is 7. The zero-order valence-electron chi connectivity index (χ0n) is 33.8. The van der Waals surface area contributed by atoms with Crippen molar-refractivity contribution in [3.05, 3.63) is 63.3 Å². The second-order valence-electron chi connectivity index (χ2n) is 15.1. The number of hydrogen-bond acceptors (Lipinski definition) is 16. The van der Waals surface area contributed by atoms with E-state index in [1.165, 1.54) is 0 Å². The summed E-state index contributed by atoms with van der Waals surface area (Å²) in [5.74, 6) is -3.85. The van der Waals surface area contributed by atoms with Gasteiger partial charge < -0.3 is 53.6 Å². The molecule has 0 radical (unpaired) electrons. The third-order valence-corrected chi connectivity index (χ3v) is 8.78. The number of rotatable bonds is 26. The average molecular weight is 823 g/mol. The Hall–Kier alpha value is -5.49. The summed E-state index contributed by atoms with van der Waals surface area (Å²) >= 11 is 0. The van der Waals surface area contributed by atoms with Crippen LogP contribution in [-0.2, 0) is 61.9 Å². The molecule has 1 rings (SSSR count). The lowest BCUT2D eigenvalue weighted by Crippen LogP contribution is -2.51. The summed E-state index contributed by atoms with van der Waals surface area (Å²) in [7, 11) is 0. The molecule has 324 valence electrons. The monoisotopic (exact) mass is 822 g/mol.